The predicted molar refractivity (Wildman–Crippen MR) is 123 cm³/mol. The van der Waals surface area contributed by atoms with Gasteiger partial charge in [-0.15, -0.1) is 0 Å². The molecule has 0 radical (unpaired) electrons. The Bertz CT molecular complexity index is 1280. The van der Waals surface area contributed by atoms with Crippen LogP contribution in [0.15, 0.2) is 50.5 Å². The Labute approximate surface area is 185 Å². The van der Waals surface area contributed by atoms with Crippen LogP contribution in [0.4, 0.5) is 5.69 Å². The van der Waals surface area contributed by atoms with Crippen LogP contribution < -0.4 is 15.8 Å². The zero-order valence-corrected chi connectivity index (χ0v) is 19.4. The molecule has 1 aromatic heterocycles. The lowest BCUT2D eigenvalue weighted by molar-refractivity contribution is -0.117. The average molecular weight is 464 g/mol. The summed E-state index contributed by atoms with van der Waals surface area (Å²) in [5.41, 5.74) is 3.37. The van der Waals surface area contributed by atoms with E-state index in [9.17, 15) is 18.0 Å². The Morgan fingerprint density at radius 1 is 1.16 bits per heavy atom. The normalized spacial score (nSPS) is 12.8. The molecule has 31 heavy (non-hydrogen) atoms. The summed E-state index contributed by atoms with van der Waals surface area (Å²) in [6.45, 7) is 3.92. The van der Waals surface area contributed by atoms with E-state index in [1.807, 2.05) is 32.2 Å². The topological polar surface area (TPSA) is 110 Å². The van der Waals surface area contributed by atoms with E-state index in [0.29, 0.717) is 23.4 Å². The molecule has 0 aliphatic rings. The van der Waals surface area contributed by atoms with E-state index in [2.05, 4.69) is 10.0 Å². The summed E-state index contributed by atoms with van der Waals surface area (Å²) in [7, 11) is -2.49. The summed E-state index contributed by atoms with van der Waals surface area (Å²) >= 11 is 1.52. The first kappa shape index (κ1) is 23.1. The molecule has 1 amide bonds. The number of hydrogen-bond donors (Lipinski definition) is 2. The molecule has 2 N–H and O–H groups in total. The standard InChI is InChI=1S/C21H25N3O5S2/c1-13-5-6-15(11-14(13)2)22-20(25)17(9-10-30-4)23-31(27,28)16-7-8-18-19(12-16)29-21(26)24(18)3/h5-8,11-12,17,23H,9-10H2,1-4H3,(H,22,25). The SMILES string of the molecule is CSCCC(NS(=O)(=O)c1ccc2c(c1)oc(=O)n2C)C(=O)Nc1ccc(C)c(C)c1. The lowest BCUT2D eigenvalue weighted by Gasteiger charge is -2.18. The number of hydrogen-bond acceptors (Lipinski definition) is 6. The zero-order valence-electron chi connectivity index (χ0n) is 17.8. The molecule has 0 fully saturated rings. The van der Waals surface area contributed by atoms with Gasteiger partial charge in [0, 0.05) is 18.8 Å². The van der Waals surface area contributed by atoms with Crippen molar-refractivity contribution in [1.29, 1.82) is 0 Å². The van der Waals surface area contributed by atoms with Crippen molar-refractivity contribution in [2.75, 3.05) is 17.3 Å². The maximum absolute atomic E-state index is 13.0. The number of fused-ring (bicyclic) bond motifs is 1. The molecule has 3 aromatic rings. The van der Waals surface area contributed by atoms with Gasteiger partial charge in [0.1, 0.15) is 6.04 Å². The fourth-order valence-corrected chi connectivity index (χ4v) is 4.78. The number of nitrogens with zero attached hydrogens (tertiary/aromatic N) is 1. The van der Waals surface area contributed by atoms with Gasteiger partial charge in [0.25, 0.3) is 0 Å². The summed E-state index contributed by atoms with van der Waals surface area (Å²) < 4.78 is 34.8. The van der Waals surface area contributed by atoms with Gasteiger partial charge in [-0.2, -0.15) is 16.5 Å². The number of amides is 1. The molecule has 10 heteroatoms. The number of aromatic nitrogens is 1. The number of aryl methyl sites for hydroxylation is 3. The number of anilines is 1. The number of carbonyl (C=O) groups excluding carboxylic acids is 1. The summed E-state index contributed by atoms with van der Waals surface area (Å²) in [5.74, 6) is -0.420. The molecule has 1 heterocycles. The average Bonchev–Trinajstić information content (AvgIpc) is 3.01. The van der Waals surface area contributed by atoms with Gasteiger partial charge in [-0.1, -0.05) is 6.07 Å². The molecule has 8 nitrogen and oxygen atoms in total. The first-order valence-corrected chi connectivity index (χ1v) is 12.5. The summed E-state index contributed by atoms with van der Waals surface area (Å²) in [4.78, 5) is 24.5. The third-order valence-corrected chi connectivity index (χ3v) is 7.19. The van der Waals surface area contributed by atoms with Crippen LogP contribution in [-0.4, -0.2) is 36.9 Å². The third kappa shape index (κ3) is 5.20. The van der Waals surface area contributed by atoms with Crippen LogP contribution in [0.2, 0.25) is 0 Å². The number of sulfonamides is 1. The van der Waals surface area contributed by atoms with E-state index < -0.39 is 27.7 Å². The highest BCUT2D eigenvalue weighted by molar-refractivity contribution is 7.98. The van der Waals surface area contributed by atoms with Gasteiger partial charge >= 0.3 is 5.76 Å². The van der Waals surface area contributed by atoms with Crippen LogP contribution in [-0.2, 0) is 21.9 Å². The molecule has 3 rings (SSSR count). The van der Waals surface area contributed by atoms with E-state index in [4.69, 9.17) is 4.42 Å². The van der Waals surface area contributed by atoms with Crippen molar-refractivity contribution in [1.82, 2.24) is 9.29 Å². The van der Waals surface area contributed by atoms with Crippen molar-refractivity contribution in [2.24, 2.45) is 7.05 Å². The zero-order chi connectivity index (χ0) is 22.8. The van der Waals surface area contributed by atoms with Gasteiger partial charge < -0.3 is 9.73 Å². The second-order valence-corrected chi connectivity index (χ2v) is 10.00. The highest BCUT2D eigenvalue weighted by Gasteiger charge is 2.26. The lowest BCUT2D eigenvalue weighted by atomic mass is 10.1. The molecule has 166 valence electrons. The molecule has 1 atom stereocenters. The van der Waals surface area contributed by atoms with Crippen molar-refractivity contribution in [3.8, 4) is 0 Å². The number of carbonyl (C=O) groups is 1. The van der Waals surface area contributed by atoms with Gasteiger partial charge in [0.05, 0.1) is 10.4 Å². The van der Waals surface area contributed by atoms with Crippen LogP contribution in [0, 0.1) is 13.8 Å². The first-order chi connectivity index (χ1) is 14.6. The molecule has 2 aromatic carbocycles. The Morgan fingerprint density at radius 3 is 2.58 bits per heavy atom. The van der Waals surface area contributed by atoms with Crippen LogP contribution in [0.1, 0.15) is 17.5 Å². The molecule has 0 spiro atoms. The second kappa shape index (κ2) is 9.29. The number of thioether (sulfide) groups is 1. The summed E-state index contributed by atoms with van der Waals surface area (Å²) in [6, 6.07) is 8.73. The number of oxazole rings is 1. The highest BCUT2D eigenvalue weighted by Crippen LogP contribution is 2.20. The van der Waals surface area contributed by atoms with Crippen molar-refractivity contribution in [3.63, 3.8) is 0 Å². The predicted octanol–water partition coefficient (Wildman–Crippen LogP) is 2.79. The van der Waals surface area contributed by atoms with Crippen molar-refractivity contribution < 1.29 is 17.6 Å². The first-order valence-electron chi connectivity index (χ1n) is 9.61. The van der Waals surface area contributed by atoms with E-state index in [0.717, 1.165) is 11.1 Å². The van der Waals surface area contributed by atoms with E-state index in [-0.39, 0.29) is 10.5 Å². The number of nitrogens with one attached hydrogen (secondary N) is 2. The quantitative estimate of drug-likeness (QED) is 0.532. The monoisotopic (exact) mass is 463 g/mol. The van der Waals surface area contributed by atoms with Gasteiger partial charge in [-0.3, -0.25) is 9.36 Å². The fraction of sp³-hybridized carbons (Fsp3) is 0.333. The second-order valence-electron chi connectivity index (χ2n) is 7.30. The summed E-state index contributed by atoms with van der Waals surface area (Å²) in [5, 5.41) is 2.80. The largest absolute Gasteiger partial charge is 0.419 e. The van der Waals surface area contributed by atoms with Gasteiger partial charge in [-0.05, 0) is 67.7 Å². The fourth-order valence-electron chi connectivity index (χ4n) is 3.06. The Balaban J connectivity index is 1.85. The molecule has 1 unspecified atom stereocenters. The molecular weight excluding hydrogens is 438 g/mol. The Morgan fingerprint density at radius 2 is 1.90 bits per heavy atom. The van der Waals surface area contributed by atoms with E-state index in [1.54, 1.807) is 6.07 Å². The third-order valence-electron chi connectivity index (χ3n) is 5.07. The molecule has 0 saturated heterocycles. The highest BCUT2D eigenvalue weighted by atomic mass is 32.2. The Hall–Kier alpha value is -2.56. The van der Waals surface area contributed by atoms with Crippen LogP contribution in [0.3, 0.4) is 0 Å². The Kier molecular flexibility index (Phi) is 6.93. The summed E-state index contributed by atoms with van der Waals surface area (Å²) in [6.07, 6.45) is 2.21. The van der Waals surface area contributed by atoms with E-state index >= 15 is 0 Å². The smallest absolute Gasteiger partial charge is 0.408 e. The lowest BCUT2D eigenvalue weighted by Crippen LogP contribution is -2.44. The van der Waals surface area contributed by atoms with Crippen LogP contribution in [0.25, 0.3) is 11.1 Å². The maximum Gasteiger partial charge on any atom is 0.419 e. The van der Waals surface area contributed by atoms with Crippen molar-refractivity contribution in [2.45, 2.75) is 31.2 Å². The van der Waals surface area contributed by atoms with Crippen LogP contribution in [0.5, 0.6) is 0 Å². The minimum Gasteiger partial charge on any atom is -0.408 e. The molecular formula is C21H25N3O5S2. The van der Waals surface area contributed by atoms with Gasteiger partial charge in [0.15, 0.2) is 5.58 Å². The maximum atomic E-state index is 13.0. The number of benzene rings is 2. The van der Waals surface area contributed by atoms with Crippen molar-refractivity contribution >= 4 is 44.5 Å². The molecule has 0 aliphatic heterocycles. The molecule has 0 aliphatic carbocycles. The molecule has 0 bridgehead atoms. The minimum atomic E-state index is -4.03. The minimum absolute atomic E-state index is 0.0810. The van der Waals surface area contributed by atoms with Gasteiger partial charge in [0.2, 0.25) is 15.9 Å². The molecule has 0 saturated carbocycles. The van der Waals surface area contributed by atoms with Crippen LogP contribution >= 0.6 is 11.8 Å². The van der Waals surface area contributed by atoms with Gasteiger partial charge in [-0.25, -0.2) is 13.2 Å². The number of rotatable bonds is 8. The van der Waals surface area contributed by atoms with Crippen molar-refractivity contribution in [3.05, 3.63) is 58.1 Å². The van der Waals surface area contributed by atoms with E-state index in [1.165, 1.54) is 41.6 Å².